The van der Waals surface area contributed by atoms with Crippen LogP contribution in [0.3, 0.4) is 0 Å². The Bertz CT molecular complexity index is 378. The average molecular weight is 313 g/mol. The summed E-state index contributed by atoms with van der Waals surface area (Å²) in [7, 11) is 0. The van der Waals surface area contributed by atoms with Gasteiger partial charge in [0, 0.05) is 17.6 Å². The van der Waals surface area contributed by atoms with E-state index in [1.165, 1.54) is 22.1 Å². The quantitative estimate of drug-likeness (QED) is 0.849. The number of hydrogen-bond acceptors (Lipinski definition) is 3. The SMILES string of the molecule is NCCCCc1ccc(N2CCOCC2)c(Br)c1. The second kappa shape index (κ2) is 7.12. The lowest BCUT2D eigenvalue weighted by Crippen LogP contribution is -2.36. The molecule has 3 nitrogen and oxygen atoms in total. The molecule has 0 bridgehead atoms. The Kier molecular flexibility index (Phi) is 5.47. The first-order chi connectivity index (χ1) is 8.81. The van der Waals surface area contributed by atoms with Gasteiger partial charge in [-0.15, -0.1) is 0 Å². The number of benzene rings is 1. The summed E-state index contributed by atoms with van der Waals surface area (Å²) in [4.78, 5) is 2.37. The van der Waals surface area contributed by atoms with Crippen molar-refractivity contribution in [3.8, 4) is 0 Å². The zero-order valence-electron chi connectivity index (χ0n) is 10.7. The molecule has 0 aliphatic carbocycles. The van der Waals surface area contributed by atoms with Crippen LogP contribution in [0.1, 0.15) is 18.4 Å². The summed E-state index contributed by atoms with van der Waals surface area (Å²) >= 11 is 3.68. The lowest BCUT2D eigenvalue weighted by molar-refractivity contribution is 0.122. The molecule has 2 N–H and O–H groups in total. The Morgan fingerprint density at radius 3 is 2.67 bits per heavy atom. The van der Waals surface area contributed by atoms with Gasteiger partial charge in [0.2, 0.25) is 0 Å². The Morgan fingerprint density at radius 1 is 1.22 bits per heavy atom. The van der Waals surface area contributed by atoms with Gasteiger partial charge in [-0.1, -0.05) is 6.07 Å². The molecule has 0 radical (unpaired) electrons. The largest absolute Gasteiger partial charge is 0.378 e. The predicted molar refractivity (Wildman–Crippen MR) is 79.2 cm³/mol. The molecule has 18 heavy (non-hydrogen) atoms. The number of nitrogens with zero attached hydrogens (tertiary/aromatic N) is 1. The number of nitrogens with two attached hydrogens (primary N) is 1. The molecule has 0 saturated carbocycles. The number of halogens is 1. The summed E-state index contributed by atoms with van der Waals surface area (Å²) in [5.74, 6) is 0. The first-order valence-corrected chi connectivity index (χ1v) is 7.42. The third kappa shape index (κ3) is 3.70. The highest BCUT2D eigenvalue weighted by Crippen LogP contribution is 2.28. The molecule has 0 spiro atoms. The Labute approximate surface area is 117 Å². The minimum absolute atomic E-state index is 0.785. The lowest BCUT2D eigenvalue weighted by atomic mass is 10.1. The van der Waals surface area contributed by atoms with E-state index >= 15 is 0 Å². The number of unbranched alkanes of at least 4 members (excludes halogenated alkanes) is 1. The molecule has 1 fully saturated rings. The van der Waals surface area contributed by atoms with Crippen molar-refractivity contribution in [1.29, 1.82) is 0 Å². The van der Waals surface area contributed by atoms with Crippen molar-refractivity contribution in [1.82, 2.24) is 0 Å². The van der Waals surface area contributed by atoms with Crippen LogP contribution in [0.5, 0.6) is 0 Å². The molecular weight excluding hydrogens is 292 g/mol. The van der Waals surface area contributed by atoms with Crippen LogP contribution >= 0.6 is 15.9 Å². The first-order valence-electron chi connectivity index (χ1n) is 6.62. The van der Waals surface area contributed by atoms with Crippen molar-refractivity contribution in [3.05, 3.63) is 28.2 Å². The highest BCUT2D eigenvalue weighted by Gasteiger charge is 2.13. The maximum absolute atomic E-state index is 5.52. The standard InChI is InChI=1S/C14H21BrN2O/c15-13-11-12(3-1-2-6-16)4-5-14(13)17-7-9-18-10-8-17/h4-5,11H,1-3,6-10,16H2. The van der Waals surface area contributed by atoms with E-state index in [1.807, 2.05) is 0 Å². The molecule has 1 heterocycles. The third-order valence-corrected chi connectivity index (χ3v) is 3.92. The van der Waals surface area contributed by atoms with E-state index in [2.05, 4.69) is 39.0 Å². The van der Waals surface area contributed by atoms with Crippen LogP contribution in [0.25, 0.3) is 0 Å². The summed E-state index contributed by atoms with van der Waals surface area (Å²) in [5, 5.41) is 0. The van der Waals surface area contributed by atoms with E-state index < -0.39 is 0 Å². The van der Waals surface area contributed by atoms with E-state index in [9.17, 15) is 0 Å². The van der Waals surface area contributed by atoms with Gasteiger partial charge in [0.15, 0.2) is 0 Å². The van der Waals surface area contributed by atoms with E-state index in [0.717, 1.165) is 45.7 Å². The van der Waals surface area contributed by atoms with E-state index in [-0.39, 0.29) is 0 Å². The minimum Gasteiger partial charge on any atom is -0.378 e. The van der Waals surface area contributed by atoms with Gasteiger partial charge < -0.3 is 15.4 Å². The maximum atomic E-state index is 5.52. The topological polar surface area (TPSA) is 38.5 Å². The Morgan fingerprint density at radius 2 is 2.00 bits per heavy atom. The fourth-order valence-corrected chi connectivity index (χ4v) is 2.92. The van der Waals surface area contributed by atoms with Crippen LogP contribution in [0.15, 0.2) is 22.7 Å². The zero-order chi connectivity index (χ0) is 12.8. The summed E-state index contributed by atoms with van der Waals surface area (Å²) in [5.41, 5.74) is 8.18. The number of rotatable bonds is 5. The van der Waals surface area contributed by atoms with E-state index in [4.69, 9.17) is 10.5 Å². The minimum atomic E-state index is 0.785. The summed E-state index contributed by atoms with van der Waals surface area (Å²) in [6.07, 6.45) is 3.38. The van der Waals surface area contributed by atoms with Crippen LogP contribution in [0, 0.1) is 0 Å². The van der Waals surface area contributed by atoms with Gasteiger partial charge in [-0.05, 0) is 59.4 Å². The molecule has 0 unspecified atom stereocenters. The molecule has 1 aromatic rings. The normalized spacial score (nSPS) is 16.0. The van der Waals surface area contributed by atoms with E-state index in [1.54, 1.807) is 0 Å². The van der Waals surface area contributed by atoms with Gasteiger partial charge in [0.1, 0.15) is 0 Å². The predicted octanol–water partition coefficient (Wildman–Crippen LogP) is 2.57. The van der Waals surface area contributed by atoms with Crippen LogP contribution < -0.4 is 10.6 Å². The van der Waals surface area contributed by atoms with Crippen LogP contribution in [0.2, 0.25) is 0 Å². The lowest BCUT2D eigenvalue weighted by Gasteiger charge is -2.29. The number of aryl methyl sites for hydroxylation is 1. The zero-order valence-corrected chi connectivity index (χ0v) is 12.3. The molecule has 100 valence electrons. The second-order valence-electron chi connectivity index (χ2n) is 4.63. The number of morpholine rings is 1. The molecule has 0 aromatic heterocycles. The molecular formula is C14H21BrN2O. The van der Waals surface area contributed by atoms with Crippen molar-refractivity contribution in [2.75, 3.05) is 37.7 Å². The summed E-state index contributed by atoms with van der Waals surface area (Å²) in [6.45, 7) is 4.39. The van der Waals surface area contributed by atoms with Crippen LogP contribution in [0.4, 0.5) is 5.69 Å². The van der Waals surface area contributed by atoms with Crippen molar-refractivity contribution in [3.63, 3.8) is 0 Å². The fourth-order valence-electron chi connectivity index (χ4n) is 2.24. The molecule has 0 atom stereocenters. The van der Waals surface area contributed by atoms with Crippen molar-refractivity contribution < 1.29 is 4.74 Å². The van der Waals surface area contributed by atoms with Gasteiger partial charge in [0.25, 0.3) is 0 Å². The van der Waals surface area contributed by atoms with Gasteiger partial charge in [0.05, 0.1) is 18.9 Å². The summed E-state index contributed by atoms with van der Waals surface area (Å²) < 4.78 is 6.57. The van der Waals surface area contributed by atoms with Crippen molar-refractivity contribution in [2.24, 2.45) is 5.73 Å². The average Bonchev–Trinajstić information content (AvgIpc) is 2.40. The third-order valence-electron chi connectivity index (χ3n) is 3.28. The van der Waals surface area contributed by atoms with Gasteiger partial charge in [-0.25, -0.2) is 0 Å². The highest BCUT2D eigenvalue weighted by molar-refractivity contribution is 9.10. The van der Waals surface area contributed by atoms with Crippen molar-refractivity contribution >= 4 is 21.6 Å². The smallest absolute Gasteiger partial charge is 0.0642 e. The maximum Gasteiger partial charge on any atom is 0.0642 e. The van der Waals surface area contributed by atoms with Gasteiger partial charge >= 0.3 is 0 Å². The monoisotopic (exact) mass is 312 g/mol. The van der Waals surface area contributed by atoms with E-state index in [0.29, 0.717) is 0 Å². The molecule has 1 aliphatic rings. The van der Waals surface area contributed by atoms with Gasteiger partial charge in [-0.2, -0.15) is 0 Å². The van der Waals surface area contributed by atoms with Crippen LogP contribution in [-0.4, -0.2) is 32.8 Å². The molecule has 1 saturated heterocycles. The fraction of sp³-hybridized carbons (Fsp3) is 0.571. The molecule has 2 rings (SSSR count). The first kappa shape index (κ1) is 13.8. The molecule has 4 heteroatoms. The van der Waals surface area contributed by atoms with Crippen LogP contribution in [-0.2, 0) is 11.2 Å². The Balaban J connectivity index is 2.00. The molecule has 1 aliphatic heterocycles. The number of anilines is 1. The number of ether oxygens (including phenoxy) is 1. The number of hydrogen-bond donors (Lipinski definition) is 1. The summed E-state index contributed by atoms with van der Waals surface area (Å²) in [6, 6.07) is 6.68. The van der Waals surface area contributed by atoms with Gasteiger partial charge in [-0.3, -0.25) is 0 Å². The second-order valence-corrected chi connectivity index (χ2v) is 5.49. The van der Waals surface area contributed by atoms with Crippen molar-refractivity contribution in [2.45, 2.75) is 19.3 Å². The highest BCUT2D eigenvalue weighted by atomic mass is 79.9. The molecule has 0 amide bonds. The Hall–Kier alpha value is -0.580. The molecule has 1 aromatic carbocycles.